The van der Waals surface area contributed by atoms with Gasteiger partial charge in [0.25, 0.3) is 0 Å². The standard InChI is InChI=1S/C26H28ClNO6S.Na/c1-17-12-23(13-18(2)26(17)34-16-25(30)31)35(32,33)22-8-6-19(7-9-22)10-11-28-15-24(29)20-4-3-5-21(27)14-20;/h3-9,12-14,24,28-29H,10-11,15-16H2,1-2H3,(H,30,31);/q;+1/p-1/t24-;/m0./s1. The monoisotopic (exact) mass is 539 g/mol. The first-order chi connectivity index (χ1) is 16.6. The molecule has 36 heavy (non-hydrogen) atoms. The number of hydrogen-bond acceptors (Lipinski definition) is 7. The van der Waals surface area contributed by atoms with Gasteiger partial charge in [-0.05, 0) is 85.5 Å². The van der Waals surface area contributed by atoms with Gasteiger partial charge in [0.1, 0.15) is 12.4 Å². The maximum Gasteiger partial charge on any atom is 1.00 e. The molecular weight excluding hydrogens is 513 g/mol. The van der Waals surface area contributed by atoms with Crippen LogP contribution in [0.3, 0.4) is 0 Å². The van der Waals surface area contributed by atoms with Gasteiger partial charge in [-0.3, -0.25) is 0 Å². The summed E-state index contributed by atoms with van der Waals surface area (Å²) in [6.45, 7) is 3.69. The molecule has 0 aromatic heterocycles. The van der Waals surface area contributed by atoms with E-state index in [4.69, 9.17) is 16.3 Å². The van der Waals surface area contributed by atoms with Crippen LogP contribution < -0.4 is 44.7 Å². The first-order valence-electron chi connectivity index (χ1n) is 11.0. The van der Waals surface area contributed by atoms with E-state index in [-0.39, 0.29) is 39.3 Å². The predicted molar refractivity (Wildman–Crippen MR) is 131 cm³/mol. The molecule has 0 bridgehead atoms. The number of rotatable bonds is 11. The molecule has 3 rings (SSSR count). The number of nitrogens with one attached hydrogen (secondary N) is 1. The number of aliphatic carboxylic acids is 1. The van der Waals surface area contributed by atoms with Crippen LogP contribution in [0.5, 0.6) is 5.75 Å². The number of ether oxygens (including phenoxy) is 1. The van der Waals surface area contributed by atoms with Crippen molar-refractivity contribution in [2.24, 2.45) is 0 Å². The van der Waals surface area contributed by atoms with Gasteiger partial charge >= 0.3 is 29.6 Å². The summed E-state index contributed by atoms with van der Waals surface area (Å²) in [6, 6.07) is 16.7. The number of aryl methyl sites for hydroxylation is 2. The summed E-state index contributed by atoms with van der Waals surface area (Å²) < 4.78 is 31.5. The van der Waals surface area contributed by atoms with Crippen LogP contribution in [0.2, 0.25) is 5.02 Å². The maximum absolute atomic E-state index is 13.1. The van der Waals surface area contributed by atoms with Gasteiger partial charge in [-0.15, -0.1) is 0 Å². The third kappa shape index (κ3) is 8.05. The van der Waals surface area contributed by atoms with Crippen molar-refractivity contribution in [3.8, 4) is 5.75 Å². The molecule has 3 aromatic rings. The van der Waals surface area contributed by atoms with Gasteiger partial charge in [0, 0.05) is 11.6 Å². The number of aliphatic hydroxyl groups excluding tert-OH is 1. The molecule has 0 aliphatic carbocycles. The molecule has 0 radical (unpaired) electrons. The van der Waals surface area contributed by atoms with Crippen LogP contribution in [0.25, 0.3) is 0 Å². The van der Waals surface area contributed by atoms with Crippen LogP contribution in [0.15, 0.2) is 70.5 Å². The first kappa shape index (κ1) is 30.3. The van der Waals surface area contributed by atoms with Gasteiger partial charge in [-0.2, -0.15) is 0 Å². The largest absolute Gasteiger partial charge is 1.00 e. The van der Waals surface area contributed by atoms with E-state index in [0.29, 0.717) is 41.4 Å². The number of halogens is 1. The summed E-state index contributed by atoms with van der Waals surface area (Å²) >= 11 is 5.96. The van der Waals surface area contributed by atoms with Crippen molar-refractivity contribution in [2.75, 3.05) is 19.7 Å². The van der Waals surface area contributed by atoms with E-state index < -0.39 is 28.5 Å². The Morgan fingerprint density at radius 2 is 1.69 bits per heavy atom. The Hall–Kier alpha value is -1.91. The van der Waals surface area contributed by atoms with Crippen LogP contribution >= 0.6 is 11.6 Å². The minimum atomic E-state index is -3.76. The van der Waals surface area contributed by atoms with Crippen LogP contribution in [0, 0.1) is 13.8 Å². The summed E-state index contributed by atoms with van der Waals surface area (Å²) in [6.07, 6.45) is -0.0172. The average molecular weight is 540 g/mol. The SMILES string of the molecule is Cc1cc(S(=O)(=O)c2ccc(CCNC[C@H](O)c3cccc(Cl)c3)cc2)cc(C)c1OCC(=O)[O-].[Na+]. The fourth-order valence-electron chi connectivity index (χ4n) is 3.70. The van der Waals surface area contributed by atoms with Gasteiger partial charge < -0.3 is 25.1 Å². The fourth-order valence-corrected chi connectivity index (χ4v) is 5.33. The molecule has 0 spiro atoms. The van der Waals surface area contributed by atoms with Gasteiger partial charge in [-0.25, -0.2) is 8.42 Å². The van der Waals surface area contributed by atoms with E-state index in [1.165, 1.54) is 12.1 Å². The molecule has 3 aromatic carbocycles. The predicted octanol–water partition coefficient (Wildman–Crippen LogP) is -0.212. The number of hydrogen-bond donors (Lipinski definition) is 2. The molecule has 0 unspecified atom stereocenters. The van der Waals surface area contributed by atoms with Crippen LogP contribution in [-0.2, 0) is 21.1 Å². The second-order valence-electron chi connectivity index (χ2n) is 8.22. The van der Waals surface area contributed by atoms with Crippen molar-refractivity contribution >= 4 is 27.4 Å². The Labute approximate surface area is 238 Å². The van der Waals surface area contributed by atoms with Gasteiger partial charge in [0.2, 0.25) is 9.84 Å². The molecule has 186 valence electrons. The molecular formula is C26H27ClNNaO6S. The van der Waals surface area contributed by atoms with Crippen molar-refractivity contribution in [2.45, 2.75) is 36.2 Å². The topological polar surface area (TPSA) is 116 Å². The van der Waals surface area contributed by atoms with Crippen molar-refractivity contribution in [1.29, 1.82) is 0 Å². The first-order valence-corrected chi connectivity index (χ1v) is 12.9. The number of benzene rings is 3. The molecule has 1 atom stereocenters. The van der Waals surface area contributed by atoms with E-state index in [2.05, 4.69) is 5.32 Å². The number of aliphatic hydroxyl groups is 1. The second-order valence-corrected chi connectivity index (χ2v) is 10.6. The molecule has 0 saturated heterocycles. The second kappa shape index (κ2) is 13.6. The Bertz CT molecular complexity index is 1280. The van der Waals surface area contributed by atoms with E-state index in [0.717, 1.165) is 11.1 Å². The van der Waals surface area contributed by atoms with Gasteiger partial charge in [-0.1, -0.05) is 35.9 Å². The summed E-state index contributed by atoms with van der Waals surface area (Å²) in [7, 11) is -3.76. The number of carbonyl (C=O) groups is 1. The number of carboxylic acid groups (broad SMARTS) is 1. The molecule has 0 aliphatic heterocycles. The Morgan fingerprint density at radius 3 is 2.28 bits per heavy atom. The molecule has 0 aliphatic rings. The quantitative estimate of drug-likeness (QED) is 0.256. The number of carboxylic acids is 1. The van der Waals surface area contributed by atoms with Crippen molar-refractivity contribution in [1.82, 2.24) is 5.32 Å². The fraction of sp³-hybridized carbons (Fsp3) is 0.269. The molecule has 0 fully saturated rings. The van der Waals surface area contributed by atoms with Crippen LogP contribution in [0.4, 0.5) is 0 Å². The number of sulfone groups is 1. The van der Waals surface area contributed by atoms with E-state index in [9.17, 15) is 23.4 Å². The van der Waals surface area contributed by atoms with Crippen LogP contribution in [-0.4, -0.2) is 39.2 Å². The van der Waals surface area contributed by atoms with Gasteiger partial charge in [0.15, 0.2) is 0 Å². The molecule has 0 heterocycles. The summed E-state index contributed by atoms with van der Waals surface area (Å²) in [4.78, 5) is 10.9. The maximum atomic E-state index is 13.1. The smallest absolute Gasteiger partial charge is 0.546 e. The van der Waals surface area contributed by atoms with Crippen LogP contribution in [0.1, 0.15) is 28.4 Å². The van der Waals surface area contributed by atoms with E-state index in [1.54, 1.807) is 56.3 Å². The Kier molecular flexibility index (Phi) is 11.4. The molecule has 0 saturated carbocycles. The zero-order chi connectivity index (χ0) is 25.6. The minimum Gasteiger partial charge on any atom is -0.546 e. The Morgan fingerprint density at radius 1 is 1.06 bits per heavy atom. The van der Waals surface area contributed by atoms with Crippen molar-refractivity contribution < 1.29 is 57.7 Å². The van der Waals surface area contributed by atoms with Crippen molar-refractivity contribution in [3.63, 3.8) is 0 Å². The van der Waals surface area contributed by atoms with Crippen molar-refractivity contribution in [3.05, 3.63) is 87.9 Å². The molecule has 7 nitrogen and oxygen atoms in total. The average Bonchev–Trinajstić information content (AvgIpc) is 2.81. The van der Waals surface area contributed by atoms with E-state index in [1.807, 2.05) is 6.07 Å². The van der Waals surface area contributed by atoms with E-state index >= 15 is 0 Å². The van der Waals surface area contributed by atoms with Gasteiger partial charge in [0.05, 0.1) is 21.9 Å². The number of carbonyl (C=O) groups excluding carboxylic acids is 1. The normalized spacial score (nSPS) is 12.0. The molecule has 2 N–H and O–H groups in total. The third-order valence-corrected chi connectivity index (χ3v) is 7.46. The Balaban J connectivity index is 0.00000456. The molecule has 10 heteroatoms. The summed E-state index contributed by atoms with van der Waals surface area (Å²) in [5.74, 6) is -1.02. The summed E-state index contributed by atoms with van der Waals surface area (Å²) in [5.41, 5.74) is 2.73. The third-order valence-electron chi connectivity index (χ3n) is 5.47. The zero-order valence-electron chi connectivity index (χ0n) is 20.5. The summed E-state index contributed by atoms with van der Waals surface area (Å²) in [5, 5.41) is 24.7. The minimum absolute atomic E-state index is 0. The molecule has 0 amide bonds. The zero-order valence-corrected chi connectivity index (χ0v) is 24.0.